The highest BCUT2D eigenvalue weighted by Crippen LogP contribution is 2.19. The Hall–Kier alpha value is 0.240. The molecule has 0 saturated carbocycles. The van der Waals surface area contributed by atoms with Gasteiger partial charge in [0.05, 0.1) is 6.10 Å². The zero-order valence-electron chi connectivity index (χ0n) is 7.71. The van der Waals surface area contributed by atoms with Crippen LogP contribution >= 0.6 is 23.2 Å². The van der Waals surface area contributed by atoms with Gasteiger partial charge in [-0.25, -0.2) is 0 Å². The van der Waals surface area contributed by atoms with Gasteiger partial charge in [0.15, 0.2) is 0 Å². The van der Waals surface area contributed by atoms with Crippen molar-refractivity contribution in [3.05, 3.63) is 10.6 Å². The van der Waals surface area contributed by atoms with Crippen molar-refractivity contribution in [3.63, 3.8) is 0 Å². The Balaban J connectivity index is 2.42. The average Bonchev–Trinajstić information content (AvgIpc) is 2.09. The molecule has 0 radical (unpaired) electrons. The second kappa shape index (κ2) is 5.20. The molecule has 1 heterocycles. The van der Waals surface area contributed by atoms with Crippen molar-refractivity contribution in [1.29, 1.82) is 0 Å². The molecule has 0 unspecified atom stereocenters. The van der Waals surface area contributed by atoms with E-state index < -0.39 is 0 Å². The highest BCUT2D eigenvalue weighted by Gasteiger charge is 2.23. The molecule has 1 N–H and O–H groups in total. The molecule has 2 atom stereocenters. The smallest absolute Gasteiger partial charge is 0.0567 e. The number of hydrogen-bond acceptors (Lipinski definition) is 2. The quantitative estimate of drug-likeness (QED) is 0.776. The van der Waals surface area contributed by atoms with E-state index in [1.807, 2.05) is 0 Å². The molecule has 2 nitrogen and oxygen atoms in total. The van der Waals surface area contributed by atoms with Crippen molar-refractivity contribution in [3.8, 4) is 0 Å². The summed E-state index contributed by atoms with van der Waals surface area (Å²) in [6, 6.07) is 0.383. The van der Waals surface area contributed by atoms with E-state index in [9.17, 15) is 5.11 Å². The Labute approximate surface area is 89.1 Å². The molecule has 0 aromatic heterocycles. The van der Waals surface area contributed by atoms with Gasteiger partial charge < -0.3 is 5.11 Å². The third-order valence-corrected chi connectivity index (χ3v) is 3.06. The van der Waals surface area contributed by atoms with Gasteiger partial charge in [0, 0.05) is 29.7 Å². The van der Waals surface area contributed by atoms with Crippen LogP contribution in [-0.2, 0) is 0 Å². The first-order valence-electron chi connectivity index (χ1n) is 4.50. The Bertz CT molecular complexity index is 196. The van der Waals surface area contributed by atoms with Crippen molar-refractivity contribution >= 4 is 23.2 Å². The maximum absolute atomic E-state index is 9.39. The number of nitrogens with zero attached hydrogens (tertiary/aromatic N) is 1. The summed E-state index contributed by atoms with van der Waals surface area (Å²) in [5.41, 5.74) is 1.40. The Morgan fingerprint density at radius 3 is 2.92 bits per heavy atom. The molecule has 4 heteroatoms. The average molecular weight is 224 g/mol. The van der Waals surface area contributed by atoms with Gasteiger partial charge in [0.25, 0.3) is 0 Å². The summed E-state index contributed by atoms with van der Waals surface area (Å²) in [7, 11) is 0. The van der Waals surface area contributed by atoms with E-state index in [-0.39, 0.29) is 6.10 Å². The van der Waals surface area contributed by atoms with Crippen molar-refractivity contribution in [2.45, 2.75) is 31.9 Å². The summed E-state index contributed by atoms with van der Waals surface area (Å²) < 4.78 is 0. The fourth-order valence-corrected chi connectivity index (χ4v) is 1.88. The molecule has 0 amide bonds. The van der Waals surface area contributed by atoms with Gasteiger partial charge in [-0.2, -0.15) is 0 Å². The first-order chi connectivity index (χ1) is 6.13. The molecule has 0 aromatic carbocycles. The molecule has 76 valence electrons. The first kappa shape index (κ1) is 11.3. The van der Waals surface area contributed by atoms with Crippen LogP contribution in [0.25, 0.3) is 0 Å². The number of rotatable bonds is 2. The highest BCUT2D eigenvalue weighted by molar-refractivity contribution is 6.36. The number of aliphatic hydroxyl groups excluding tert-OH is 1. The molecular formula is C9H15Cl2NO. The third kappa shape index (κ3) is 3.47. The topological polar surface area (TPSA) is 23.5 Å². The van der Waals surface area contributed by atoms with E-state index in [0.29, 0.717) is 17.6 Å². The summed E-state index contributed by atoms with van der Waals surface area (Å²) >= 11 is 11.3. The summed E-state index contributed by atoms with van der Waals surface area (Å²) in [4.78, 5) is 2.23. The van der Waals surface area contributed by atoms with Gasteiger partial charge in [-0.3, -0.25) is 4.90 Å². The summed E-state index contributed by atoms with van der Waals surface area (Å²) in [6.45, 7) is 3.68. The first-order valence-corrected chi connectivity index (χ1v) is 5.31. The minimum atomic E-state index is -0.148. The maximum Gasteiger partial charge on any atom is 0.0567 e. The molecule has 0 aromatic rings. The monoisotopic (exact) mass is 223 g/mol. The van der Waals surface area contributed by atoms with Crippen molar-refractivity contribution in [2.24, 2.45) is 0 Å². The van der Waals surface area contributed by atoms with Crippen molar-refractivity contribution in [2.75, 3.05) is 13.1 Å². The number of aliphatic hydroxyl groups is 1. The lowest BCUT2D eigenvalue weighted by molar-refractivity contribution is 0.0542. The Morgan fingerprint density at radius 1 is 1.69 bits per heavy atom. The van der Waals surface area contributed by atoms with Crippen LogP contribution in [0.4, 0.5) is 0 Å². The standard InChI is InChI=1S/C9H15Cl2NO/c1-7-4-9(13)2-3-12(7)6-8(11)5-10/h5,7,9,13H,2-4,6H2,1H3/b8-5-/t7-,9-/m0/s1. The van der Waals surface area contributed by atoms with Gasteiger partial charge in [0.1, 0.15) is 0 Å². The van der Waals surface area contributed by atoms with E-state index in [4.69, 9.17) is 23.2 Å². The van der Waals surface area contributed by atoms with E-state index in [2.05, 4.69) is 11.8 Å². The van der Waals surface area contributed by atoms with Gasteiger partial charge >= 0.3 is 0 Å². The zero-order chi connectivity index (χ0) is 9.84. The number of likely N-dealkylation sites (tertiary alicyclic amines) is 1. The molecular weight excluding hydrogens is 209 g/mol. The van der Waals surface area contributed by atoms with Crippen molar-refractivity contribution < 1.29 is 5.11 Å². The minimum absolute atomic E-state index is 0.148. The van der Waals surface area contributed by atoms with Gasteiger partial charge in [0.2, 0.25) is 0 Å². The van der Waals surface area contributed by atoms with Crippen LogP contribution in [0.15, 0.2) is 10.6 Å². The molecule has 1 aliphatic rings. The largest absolute Gasteiger partial charge is 0.393 e. The van der Waals surface area contributed by atoms with Gasteiger partial charge in [-0.15, -0.1) is 0 Å². The van der Waals surface area contributed by atoms with E-state index in [0.717, 1.165) is 19.4 Å². The van der Waals surface area contributed by atoms with Gasteiger partial charge in [-0.05, 0) is 19.8 Å². The summed E-state index contributed by atoms with van der Waals surface area (Å²) in [6.07, 6.45) is 1.51. The second-order valence-electron chi connectivity index (χ2n) is 3.55. The van der Waals surface area contributed by atoms with E-state index >= 15 is 0 Å². The van der Waals surface area contributed by atoms with Crippen LogP contribution in [0.5, 0.6) is 0 Å². The lowest BCUT2D eigenvalue weighted by Gasteiger charge is -2.35. The Morgan fingerprint density at radius 2 is 2.38 bits per heavy atom. The molecule has 0 bridgehead atoms. The van der Waals surface area contributed by atoms with Crippen LogP contribution in [0, 0.1) is 0 Å². The second-order valence-corrected chi connectivity index (χ2v) is 4.26. The third-order valence-electron chi connectivity index (χ3n) is 2.46. The lowest BCUT2D eigenvalue weighted by atomic mass is 10.0. The molecule has 1 saturated heterocycles. The zero-order valence-corrected chi connectivity index (χ0v) is 9.22. The van der Waals surface area contributed by atoms with Gasteiger partial charge in [-0.1, -0.05) is 23.2 Å². The van der Waals surface area contributed by atoms with Crippen LogP contribution in [0.2, 0.25) is 0 Å². The van der Waals surface area contributed by atoms with Crippen LogP contribution in [-0.4, -0.2) is 35.2 Å². The minimum Gasteiger partial charge on any atom is -0.393 e. The highest BCUT2D eigenvalue weighted by atomic mass is 35.5. The number of piperidine rings is 1. The van der Waals surface area contributed by atoms with Crippen molar-refractivity contribution in [1.82, 2.24) is 4.90 Å². The predicted octanol–water partition coefficient (Wildman–Crippen LogP) is 2.15. The predicted molar refractivity (Wildman–Crippen MR) is 56.1 cm³/mol. The fourth-order valence-electron chi connectivity index (χ4n) is 1.66. The molecule has 13 heavy (non-hydrogen) atoms. The van der Waals surface area contributed by atoms with E-state index in [1.165, 1.54) is 5.54 Å². The summed E-state index contributed by atoms with van der Waals surface area (Å²) in [5, 5.41) is 10.0. The van der Waals surface area contributed by atoms with Crippen LogP contribution < -0.4 is 0 Å². The summed E-state index contributed by atoms with van der Waals surface area (Å²) in [5.74, 6) is 0. The molecule has 0 spiro atoms. The molecule has 1 rings (SSSR count). The van der Waals surface area contributed by atoms with Crippen LogP contribution in [0.3, 0.4) is 0 Å². The van der Waals surface area contributed by atoms with E-state index in [1.54, 1.807) is 0 Å². The Kier molecular flexibility index (Phi) is 4.53. The molecule has 0 aliphatic carbocycles. The molecule has 1 fully saturated rings. The molecule has 1 aliphatic heterocycles. The normalized spacial score (nSPS) is 32.2. The SMILES string of the molecule is C[C@H]1C[C@@H](O)CCN1C/C(Cl)=C/Cl. The van der Waals surface area contributed by atoms with Crippen LogP contribution in [0.1, 0.15) is 19.8 Å². The maximum atomic E-state index is 9.39. The number of hydrogen-bond donors (Lipinski definition) is 1. The fraction of sp³-hybridized carbons (Fsp3) is 0.778. The number of halogens is 2. The lowest BCUT2D eigenvalue weighted by Crippen LogP contribution is -2.43.